The minimum absolute atomic E-state index is 0.190. The minimum Gasteiger partial charge on any atom is -0.318 e. The molecule has 24 heavy (non-hydrogen) atoms. The predicted molar refractivity (Wildman–Crippen MR) is 94.5 cm³/mol. The molecule has 0 spiro atoms. The topological polar surface area (TPSA) is 80.2 Å². The highest BCUT2D eigenvalue weighted by Crippen LogP contribution is 2.09. The monoisotopic (exact) mass is 335 g/mol. The Morgan fingerprint density at radius 3 is 2.21 bits per heavy atom. The van der Waals surface area contributed by atoms with E-state index in [0.29, 0.717) is 12.0 Å². The van der Waals surface area contributed by atoms with Gasteiger partial charge in [-0.25, -0.2) is 0 Å². The number of nitrogens with one attached hydrogen (secondary N) is 2. The van der Waals surface area contributed by atoms with Crippen LogP contribution in [0, 0.1) is 0 Å². The fourth-order valence-corrected chi connectivity index (χ4v) is 2.41. The molecule has 1 heterocycles. The number of carbonyl (C=O) groups excluding carboxylic acids is 2. The van der Waals surface area contributed by atoms with Crippen molar-refractivity contribution in [3.63, 3.8) is 0 Å². The maximum absolute atomic E-state index is 11.9. The van der Waals surface area contributed by atoms with Crippen LogP contribution in [-0.2, 0) is 11.8 Å². The molecule has 134 valence electrons. The molecule has 0 aliphatic heterocycles. The molecule has 0 bridgehead atoms. The van der Waals surface area contributed by atoms with Gasteiger partial charge in [0.2, 0.25) is 11.5 Å². The van der Waals surface area contributed by atoms with Gasteiger partial charge in [0.05, 0.1) is 5.56 Å². The first kappa shape index (κ1) is 19.9. The van der Waals surface area contributed by atoms with Gasteiger partial charge in [-0.3, -0.25) is 25.2 Å². The highest BCUT2D eigenvalue weighted by atomic mass is 16.2. The molecule has 0 atom stereocenters. The van der Waals surface area contributed by atoms with Crippen LogP contribution >= 0.6 is 0 Å². The van der Waals surface area contributed by atoms with Crippen molar-refractivity contribution in [1.82, 2.24) is 15.4 Å². The van der Waals surface area contributed by atoms with Crippen LogP contribution in [0.15, 0.2) is 23.1 Å². The summed E-state index contributed by atoms with van der Waals surface area (Å²) < 4.78 is 1.32. The highest BCUT2D eigenvalue weighted by molar-refractivity contribution is 5.95. The summed E-state index contributed by atoms with van der Waals surface area (Å²) in [6.45, 7) is 2.20. The van der Waals surface area contributed by atoms with E-state index in [0.717, 1.165) is 19.3 Å². The number of carbonyl (C=O) groups is 2. The Morgan fingerprint density at radius 2 is 1.58 bits per heavy atom. The number of amides is 2. The molecule has 6 heteroatoms. The molecular weight excluding hydrogens is 306 g/mol. The quantitative estimate of drug-likeness (QED) is 0.509. The summed E-state index contributed by atoms with van der Waals surface area (Å²) in [6.07, 6.45) is 11.2. The Kier molecular flexibility index (Phi) is 9.49. The zero-order valence-electron chi connectivity index (χ0n) is 14.8. The van der Waals surface area contributed by atoms with E-state index in [4.69, 9.17) is 0 Å². The van der Waals surface area contributed by atoms with Gasteiger partial charge in [-0.1, -0.05) is 51.9 Å². The van der Waals surface area contributed by atoms with Crippen LogP contribution in [0.3, 0.4) is 0 Å². The number of pyridine rings is 1. The van der Waals surface area contributed by atoms with Crippen LogP contribution in [0.5, 0.6) is 0 Å². The van der Waals surface area contributed by atoms with Gasteiger partial charge in [-0.05, 0) is 12.5 Å². The van der Waals surface area contributed by atoms with Gasteiger partial charge in [0.25, 0.3) is 5.91 Å². The van der Waals surface area contributed by atoms with Crippen LogP contribution in [0.1, 0.15) is 75.1 Å². The van der Waals surface area contributed by atoms with Crippen molar-refractivity contribution in [2.24, 2.45) is 7.05 Å². The number of aryl methyl sites for hydroxylation is 1. The van der Waals surface area contributed by atoms with Crippen molar-refractivity contribution in [3.8, 4) is 0 Å². The lowest BCUT2D eigenvalue weighted by Gasteiger charge is -2.08. The summed E-state index contributed by atoms with van der Waals surface area (Å²) in [5.41, 5.74) is 4.91. The average molecular weight is 335 g/mol. The average Bonchev–Trinajstić information content (AvgIpc) is 2.57. The van der Waals surface area contributed by atoms with Crippen molar-refractivity contribution in [3.05, 3.63) is 34.2 Å². The molecule has 0 fully saturated rings. The molecule has 0 radical (unpaired) electrons. The molecule has 2 N–H and O–H groups in total. The van der Waals surface area contributed by atoms with Gasteiger partial charge in [0.1, 0.15) is 0 Å². The van der Waals surface area contributed by atoms with Gasteiger partial charge >= 0.3 is 0 Å². The van der Waals surface area contributed by atoms with Crippen LogP contribution in [-0.4, -0.2) is 16.4 Å². The molecule has 0 aromatic carbocycles. The molecule has 0 saturated carbocycles. The van der Waals surface area contributed by atoms with E-state index in [9.17, 15) is 14.4 Å². The first-order valence-electron chi connectivity index (χ1n) is 8.80. The SMILES string of the molecule is CCCCCCCCCCC(=O)NNC(=O)c1ccc(=O)n(C)c1. The van der Waals surface area contributed by atoms with E-state index >= 15 is 0 Å². The number of hydrazine groups is 1. The third kappa shape index (κ3) is 7.94. The van der Waals surface area contributed by atoms with Gasteiger partial charge in [-0.2, -0.15) is 0 Å². The minimum atomic E-state index is -0.435. The van der Waals surface area contributed by atoms with E-state index in [1.54, 1.807) is 7.05 Å². The molecular formula is C18H29N3O3. The lowest BCUT2D eigenvalue weighted by Crippen LogP contribution is -2.41. The van der Waals surface area contributed by atoms with Crippen molar-refractivity contribution in [2.45, 2.75) is 64.7 Å². The molecule has 0 saturated heterocycles. The summed E-state index contributed by atoms with van der Waals surface area (Å²) in [4.78, 5) is 34.8. The Balaban J connectivity index is 2.14. The summed E-state index contributed by atoms with van der Waals surface area (Å²) in [5.74, 6) is -0.631. The summed E-state index contributed by atoms with van der Waals surface area (Å²) in [5, 5.41) is 0. The second-order valence-corrected chi connectivity index (χ2v) is 6.09. The van der Waals surface area contributed by atoms with Crippen LogP contribution in [0.25, 0.3) is 0 Å². The van der Waals surface area contributed by atoms with Crippen molar-refractivity contribution in [1.29, 1.82) is 0 Å². The lowest BCUT2D eigenvalue weighted by molar-refractivity contribution is -0.122. The van der Waals surface area contributed by atoms with E-state index in [-0.39, 0.29) is 11.5 Å². The zero-order valence-corrected chi connectivity index (χ0v) is 14.8. The number of rotatable bonds is 10. The number of hydrogen-bond acceptors (Lipinski definition) is 3. The maximum atomic E-state index is 11.9. The third-order valence-electron chi connectivity index (χ3n) is 3.92. The fourth-order valence-electron chi connectivity index (χ4n) is 2.41. The second-order valence-electron chi connectivity index (χ2n) is 6.09. The number of unbranched alkanes of at least 4 members (excludes halogenated alkanes) is 7. The molecule has 6 nitrogen and oxygen atoms in total. The summed E-state index contributed by atoms with van der Waals surface area (Å²) in [7, 11) is 1.57. The molecule has 0 aliphatic rings. The van der Waals surface area contributed by atoms with E-state index in [1.807, 2.05) is 0 Å². The molecule has 0 aliphatic carbocycles. The largest absolute Gasteiger partial charge is 0.318 e. The van der Waals surface area contributed by atoms with Crippen molar-refractivity contribution in [2.75, 3.05) is 0 Å². The molecule has 1 aromatic rings. The van der Waals surface area contributed by atoms with E-state index in [1.165, 1.54) is 55.0 Å². The molecule has 1 aromatic heterocycles. The Morgan fingerprint density at radius 1 is 0.958 bits per heavy atom. The van der Waals surface area contributed by atoms with Crippen LogP contribution in [0.4, 0.5) is 0 Å². The Labute approximate surface area is 143 Å². The standard InChI is InChI=1S/C18H29N3O3/c1-3-4-5-6-7-8-9-10-11-16(22)19-20-18(24)15-12-13-17(23)21(2)14-15/h12-14H,3-11H2,1-2H3,(H,19,22)(H,20,24). The number of nitrogens with zero attached hydrogens (tertiary/aromatic N) is 1. The van der Waals surface area contributed by atoms with Crippen LogP contribution in [0.2, 0.25) is 0 Å². The van der Waals surface area contributed by atoms with Gasteiger partial charge in [-0.15, -0.1) is 0 Å². The van der Waals surface area contributed by atoms with E-state index < -0.39 is 5.91 Å². The first-order valence-corrected chi connectivity index (χ1v) is 8.80. The van der Waals surface area contributed by atoms with Crippen molar-refractivity contribution < 1.29 is 9.59 Å². The van der Waals surface area contributed by atoms with Gasteiger partial charge in [0, 0.05) is 25.7 Å². The number of aromatic nitrogens is 1. The molecule has 0 unspecified atom stereocenters. The number of hydrogen-bond donors (Lipinski definition) is 2. The maximum Gasteiger partial charge on any atom is 0.271 e. The predicted octanol–water partition coefficient (Wildman–Crippen LogP) is 2.68. The van der Waals surface area contributed by atoms with Crippen molar-refractivity contribution >= 4 is 11.8 Å². The van der Waals surface area contributed by atoms with Crippen LogP contribution < -0.4 is 16.4 Å². The van der Waals surface area contributed by atoms with Gasteiger partial charge < -0.3 is 4.57 Å². The summed E-state index contributed by atoms with van der Waals surface area (Å²) in [6, 6.07) is 2.75. The highest BCUT2D eigenvalue weighted by Gasteiger charge is 2.08. The lowest BCUT2D eigenvalue weighted by atomic mass is 10.1. The van der Waals surface area contributed by atoms with E-state index in [2.05, 4.69) is 17.8 Å². The molecule has 2 amide bonds. The molecule has 1 rings (SSSR count). The smallest absolute Gasteiger partial charge is 0.271 e. The fraction of sp³-hybridized carbons (Fsp3) is 0.611. The second kappa shape index (κ2) is 11.4. The van der Waals surface area contributed by atoms with Gasteiger partial charge in [0.15, 0.2) is 0 Å². The summed E-state index contributed by atoms with van der Waals surface area (Å²) >= 11 is 0. The zero-order chi connectivity index (χ0) is 17.8. The normalized spacial score (nSPS) is 10.4. The Hall–Kier alpha value is -2.11. The Bertz CT molecular complexity index is 581. The third-order valence-corrected chi connectivity index (χ3v) is 3.92. The first-order chi connectivity index (χ1) is 11.5.